The van der Waals surface area contributed by atoms with E-state index in [2.05, 4.69) is 25.7 Å². The van der Waals surface area contributed by atoms with Crippen LogP contribution in [0, 0.1) is 5.41 Å². The summed E-state index contributed by atoms with van der Waals surface area (Å²) in [6.45, 7) is 3.70. The van der Waals surface area contributed by atoms with Gasteiger partial charge in [-0.15, -0.1) is 0 Å². The van der Waals surface area contributed by atoms with E-state index in [9.17, 15) is 27.9 Å². The number of pyridine rings is 1. The fourth-order valence-electron chi connectivity index (χ4n) is 3.95. The van der Waals surface area contributed by atoms with Crippen LogP contribution in [-0.2, 0) is 11.8 Å². The quantitative estimate of drug-likeness (QED) is 0.463. The molecule has 4 heterocycles. The van der Waals surface area contributed by atoms with Crippen molar-refractivity contribution in [2.75, 3.05) is 22.1 Å². The molecule has 0 aliphatic carbocycles. The Morgan fingerprint density at radius 2 is 2.06 bits per heavy atom. The molecule has 3 aromatic heterocycles. The van der Waals surface area contributed by atoms with Gasteiger partial charge in [0.05, 0.1) is 23.8 Å². The second-order valence-corrected chi connectivity index (χ2v) is 9.01. The zero-order chi connectivity index (χ0) is 26.4. The molecular weight excluding hydrogens is 483 g/mol. The van der Waals surface area contributed by atoms with Crippen LogP contribution in [0.4, 0.5) is 30.5 Å². The van der Waals surface area contributed by atoms with Gasteiger partial charge in [0.1, 0.15) is 24.3 Å². The van der Waals surface area contributed by atoms with E-state index in [0.29, 0.717) is 5.56 Å². The zero-order valence-corrected chi connectivity index (χ0v) is 19.8. The average molecular weight is 507 g/mol. The van der Waals surface area contributed by atoms with Gasteiger partial charge in [-0.05, 0) is 32.9 Å². The van der Waals surface area contributed by atoms with E-state index in [1.54, 1.807) is 27.8 Å². The summed E-state index contributed by atoms with van der Waals surface area (Å²) in [7, 11) is 1.62. The molecule has 0 saturated carbocycles. The third-order valence-electron chi connectivity index (χ3n) is 5.87. The van der Waals surface area contributed by atoms with Crippen LogP contribution in [0.3, 0.4) is 0 Å². The van der Waals surface area contributed by atoms with Crippen molar-refractivity contribution < 1.29 is 32.3 Å². The third-order valence-corrected chi connectivity index (χ3v) is 5.87. The lowest BCUT2D eigenvalue weighted by Crippen LogP contribution is -2.35. The Hall–Kier alpha value is -3.94. The maximum Gasteiger partial charge on any atom is 0.405 e. The molecule has 1 unspecified atom stereocenters. The van der Waals surface area contributed by atoms with Crippen molar-refractivity contribution in [3.05, 3.63) is 36.5 Å². The number of carbonyl (C=O) groups excluding carboxylic acids is 2. The fourth-order valence-corrected chi connectivity index (χ4v) is 3.95. The molecule has 3 aromatic rings. The Kier molecular flexibility index (Phi) is 6.24. The van der Waals surface area contributed by atoms with Crippen LogP contribution < -0.4 is 15.5 Å². The summed E-state index contributed by atoms with van der Waals surface area (Å²) in [5.41, 5.74) is -0.608. The van der Waals surface area contributed by atoms with Crippen molar-refractivity contribution in [1.29, 1.82) is 0 Å². The summed E-state index contributed by atoms with van der Waals surface area (Å²) in [6.07, 6.45) is -1.47. The Morgan fingerprint density at radius 1 is 1.33 bits per heavy atom. The maximum absolute atomic E-state index is 13.0. The van der Waals surface area contributed by atoms with E-state index >= 15 is 0 Å². The van der Waals surface area contributed by atoms with Crippen LogP contribution in [0.15, 0.2) is 35.2 Å². The van der Waals surface area contributed by atoms with E-state index < -0.39 is 36.2 Å². The van der Waals surface area contributed by atoms with E-state index in [1.165, 1.54) is 34.1 Å². The van der Waals surface area contributed by atoms with Gasteiger partial charge in [-0.3, -0.25) is 19.2 Å². The molecule has 11 nitrogen and oxygen atoms in total. The van der Waals surface area contributed by atoms with Crippen LogP contribution in [0.1, 0.15) is 31.3 Å². The minimum atomic E-state index is -4.41. The van der Waals surface area contributed by atoms with Gasteiger partial charge in [0, 0.05) is 18.8 Å². The number of halogens is 3. The molecule has 4 rings (SSSR count). The second-order valence-electron chi connectivity index (χ2n) is 9.01. The summed E-state index contributed by atoms with van der Waals surface area (Å²) < 4.78 is 44.1. The number of aryl methyl sites for hydroxylation is 1. The number of hydrogen-bond donors (Lipinski definition) is 3. The lowest BCUT2D eigenvalue weighted by molar-refractivity contribution is -0.126. The molecule has 192 valence electrons. The highest BCUT2D eigenvalue weighted by Gasteiger charge is 2.53. The molecule has 1 fully saturated rings. The molecular formula is C22H24F3N7O4. The van der Waals surface area contributed by atoms with E-state index in [4.69, 9.17) is 4.42 Å². The SMILES string of the molecule is C[C@H]1C(O)C(C)(C)C(=O)N1c1nn(C)cc1NC(=O)c1coc(-c2ccnc(NCC(F)(F)F)c2)n1. The number of nitrogens with one attached hydrogen (secondary N) is 2. The Morgan fingerprint density at radius 3 is 2.69 bits per heavy atom. The second kappa shape index (κ2) is 8.93. The van der Waals surface area contributed by atoms with Gasteiger partial charge in [-0.25, -0.2) is 9.97 Å². The third kappa shape index (κ3) is 4.76. The van der Waals surface area contributed by atoms with Crippen molar-refractivity contribution in [2.45, 2.75) is 39.1 Å². The molecule has 0 aromatic carbocycles. The van der Waals surface area contributed by atoms with Gasteiger partial charge in [0.25, 0.3) is 5.91 Å². The van der Waals surface area contributed by atoms with Gasteiger partial charge in [-0.1, -0.05) is 0 Å². The molecule has 36 heavy (non-hydrogen) atoms. The summed E-state index contributed by atoms with van der Waals surface area (Å²) in [5, 5.41) is 19.6. The normalized spacial score (nSPS) is 19.6. The molecule has 0 bridgehead atoms. The molecule has 0 spiro atoms. The number of anilines is 3. The summed E-state index contributed by atoms with van der Waals surface area (Å²) in [6, 6.07) is 2.20. The van der Waals surface area contributed by atoms with Crippen LogP contribution in [-0.4, -0.2) is 61.5 Å². The van der Waals surface area contributed by atoms with Gasteiger partial charge in [0.15, 0.2) is 11.5 Å². The summed E-state index contributed by atoms with van der Waals surface area (Å²) in [4.78, 5) is 35.1. The Labute approximate surface area is 203 Å². The zero-order valence-electron chi connectivity index (χ0n) is 19.8. The van der Waals surface area contributed by atoms with E-state index in [0.717, 1.165) is 6.26 Å². The lowest BCUT2D eigenvalue weighted by Gasteiger charge is -2.21. The van der Waals surface area contributed by atoms with Crippen LogP contribution in [0.2, 0.25) is 0 Å². The monoisotopic (exact) mass is 507 g/mol. The first-order valence-corrected chi connectivity index (χ1v) is 10.9. The molecule has 1 saturated heterocycles. The van der Waals surface area contributed by atoms with Crippen molar-refractivity contribution in [3.63, 3.8) is 0 Å². The minimum absolute atomic E-state index is 0.00256. The predicted molar refractivity (Wildman–Crippen MR) is 122 cm³/mol. The molecule has 14 heteroatoms. The van der Waals surface area contributed by atoms with Gasteiger partial charge in [0.2, 0.25) is 11.8 Å². The van der Waals surface area contributed by atoms with Crippen molar-refractivity contribution in [3.8, 4) is 11.5 Å². The van der Waals surface area contributed by atoms with Crippen LogP contribution in [0.25, 0.3) is 11.5 Å². The first-order chi connectivity index (χ1) is 16.8. The smallest absolute Gasteiger partial charge is 0.405 e. The number of oxazole rings is 1. The van der Waals surface area contributed by atoms with Crippen molar-refractivity contribution >= 4 is 29.1 Å². The summed E-state index contributed by atoms with van der Waals surface area (Å²) in [5.74, 6) is -0.872. The van der Waals surface area contributed by atoms with Crippen molar-refractivity contribution in [1.82, 2.24) is 19.7 Å². The molecule has 1 aliphatic rings. The van der Waals surface area contributed by atoms with Gasteiger partial charge >= 0.3 is 6.18 Å². The maximum atomic E-state index is 13.0. The number of aromatic nitrogens is 4. The van der Waals surface area contributed by atoms with Crippen LogP contribution in [0.5, 0.6) is 0 Å². The first kappa shape index (κ1) is 25.2. The molecule has 2 atom stereocenters. The fraction of sp³-hybridized carbons (Fsp3) is 0.409. The Balaban J connectivity index is 1.53. The number of amides is 2. The number of nitrogens with zero attached hydrogens (tertiary/aromatic N) is 5. The van der Waals surface area contributed by atoms with E-state index in [1.807, 2.05) is 0 Å². The van der Waals surface area contributed by atoms with Crippen molar-refractivity contribution in [2.24, 2.45) is 12.5 Å². The molecule has 3 N–H and O–H groups in total. The highest BCUT2D eigenvalue weighted by molar-refractivity contribution is 6.07. The Bertz CT molecular complexity index is 1300. The molecule has 1 aliphatic heterocycles. The number of carbonyl (C=O) groups is 2. The topological polar surface area (TPSA) is 138 Å². The number of hydrogen-bond acceptors (Lipinski definition) is 8. The van der Waals surface area contributed by atoms with E-state index in [-0.39, 0.29) is 34.8 Å². The van der Waals surface area contributed by atoms with Gasteiger partial charge in [-0.2, -0.15) is 18.3 Å². The number of aliphatic hydroxyl groups is 1. The highest BCUT2D eigenvalue weighted by Crippen LogP contribution is 2.40. The molecule has 0 radical (unpaired) electrons. The first-order valence-electron chi connectivity index (χ1n) is 10.9. The number of aliphatic hydroxyl groups excluding tert-OH is 1. The lowest BCUT2D eigenvalue weighted by atomic mass is 9.87. The standard InChI is InChI=1S/C22H24F3N7O4/c1-11-16(33)21(2,3)20(35)32(11)17-13(8-31(4)30-17)28-18(34)14-9-36-19(29-14)12-5-6-26-15(7-12)27-10-22(23,24)25/h5-9,11,16,33H,10H2,1-4H3,(H,26,27)(H,28,34)/t11-,16?/m0/s1. The highest BCUT2D eigenvalue weighted by atomic mass is 19.4. The predicted octanol–water partition coefficient (Wildman–Crippen LogP) is 2.82. The average Bonchev–Trinajstić information content (AvgIpc) is 3.47. The van der Waals surface area contributed by atoms with Gasteiger partial charge < -0.3 is 20.2 Å². The number of rotatable bonds is 6. The largest absolute Gasteiger partial charge is 0.444 e. The minimum Gasteiger partial charge on any atom is -0.444 e. The van der Waals surface area contributed by atoms with Crippen LogP contribution >= 0.6 is 0 Å². The molecule has 2 amide bonds. The number of alkyl halides is 3. The summed E-state index contributed by atoms with van der Waals surface area (Å²) >= 11 is 0.